The van der Waals surface area contributed by atoms with E-state index in [1.807, 2.05) is 18.2 Å². The van der Waals surface area contributed by atoms with E-state index >= 15 is 0 Å². The van der Waals surface area contributed by atoms with Crippen molar-refractivity contribution in [3.63, 3.8) is 0 Å². The molecular weight excluding hydrogens is 336 g/mol. The molecule has 1 aliphatic heterocycles. The molecule has 2 aliphatic rings. The monoisotopic (exact) mass is 352 g/mol. The van der Waals surface area contributed by atoms with Gasteiger partial charge in [0.2, 0.25) is 0 Å². The highest BCUT2D eigenvalue weighted by Gasteiger charge is 2.37. The number of carbonyl (C=O) groups is 2. The molecular formula is C20H17ClN2O2. The van der Waals surface area contributed by atoms with Crippen LogP contribution in [0.25, 0.3) is 21.8 Å². The molecule has 4 nitrogen and oxygen atoms in total. The van der Waals surface area contributed by atoms with Crippen molar-refractivity contribution in [2.45, 2.75) is 32.2 Å². The number of halogens is 1. The van der Waals surface area contributed by atoms with Crippen molar-refractivity contribution in [2.24, 2.45) is 0 Å². The summed E-state index contributed by atoms with van der Waals surface area (Å²) in [6, 6.07) is 8.14. The highest BCUT2D eigenvalue weighted by molar-refractivity contribution is 6.31. The van der Waals surface area contributed by atoms with Gasteiger partial charge in [-0.1, -0.05) is 18.2 Å². The quantitative estimate of drug-likeness (QED) is 0.576. The molecule has 0 fully saturated rings. The van der Waals surface area contributed by atoms with Gasteiger partial charge in [0.25, 0.3) is 11.8 Å². The van der Waals surface area contributed by atoms with Gasteiger partial charge in [0.05, 0.1) is 16.6 Å². The van der Waals surface area contributed by atoms with E-state index in [4.69, 9.17) is 11.6 Å². The van der Waals surface area contributed by atoms with E-state index in [0.29, 0.717) is 17.0 Å². The second kappa shape index (κ2) is 5.33. The molecule has 2 heterocycles. The van der Waals surface area contributed by atoms with Gasteiger partial charge in [-0.05, 0) is 42.9 Å². The van der Waals surface area contributed by atoms with E-state index in [0.717, 1.165) is 59.6 Å². The van der Waals surface area contributed by atoms with Crippen molar-refractivity contribution in [1.29, 1.82) is 0 Å². The molecule has 2 amide bonds. The lowest BCUT2D eigenvalue weighted by atomic mass is 9.93. The Kier molecular flexibility index (Phi) is 3.19. The molecule has 126 valence electrons. The van der Waals surface area contributed by atoms with Gasteiger partial charge >= 0.3 is 0 Å². The molecule has 0 saturated heterocycles. The SMILES string of the molecule is O=C1NC(=O)c2c1c1c(c3c2c2ccccc2n3CCCCl)CCC1. The van der Waals surface area contributed by atoms with Gasteiger partial charge in [0, 0.05) is 28.7 Å². The van der Waals surface area contributed by atoms with Crippen LogP contribution in [0.3, 0.4) is 0 Å². The molecule has 1 N–H and O–H groups in total. The molecule has 0 spiro atoms. The maximum atomic E-state index is 12.6. The van der Waals surface area contributed by atoms with Crippen LogP contribution < -0.4 is 5.32 Å². The number of nitrogens with zero attached hydrogens (tertiary/aromatic N) is 1. The van der Waals surface area contributed by atoms with E-state index < -0.39 is 0 Å². The summed E-state index contributed by atoms with van der Waals surface area (Å²) in [6.45, 7) is 0.814. The van der Waals surface area contributed by atoms with Crippen LogP contribution in [0.15, 0.2) is 24.3 Å². The molecule has 0 unspecified atom stereocenters. The molecule has 3 aromatic rings. The average Bonchev–Trinajstić information content (AvgIpc) is 3.28. The zero-order valence-electron chi connectivity index (χ0n) is 13.7. The van der Waals surface area contributed by atoms with E-state index in [1.165, 1.54) is 5.56 Å². The Balaban J connectivity index is 2.02. The maximum Gasteiger partial charge on any atom is 0.259 e. The molecule has 0 radical (unpaired) electrons. The Hall–Kier alpha value is -2.33. The Morgan fingerprint density at radius 1 is 1.04 bits per heavy atom. The zero-order valence-corrected chi connectivity index (χ0v) is 14.4. The Morgan fingerprint density at radius 3 is 2.64 bits per heavy atom. The van der Waals surface area contributed by atoms with Gasteiger partial charge in [-0.25, -0.2) is 0 Å². The highest BCUT2D eigenvalue weighted by atomic mass is 35.5. The Morgan fingerprint density at radius 2 is 1.80 bits per heavy atom. The topological polar surface area (TPSA) is 51.1 Å². The number of amides is 2. The van der Waals surface area contributed by atoms with Crippen LogP contribution in [0.5, 0.6) is 0 Å². The van der Waals surface area contributed by atoms with Crippen molar-refractivity contribution in [2.75, 3.05) is 5.88 Å². The third-order valence-electron chi connectivity index (χ3n) is 5.47. The molecule has 1 aromatic heterocycles. The molecule has 0 atom stereocenters. The standard InChI is InChI=1S/C20H17ClN2O2/c21-9-4-10-23-14-8-2-1-5-13(14)15-17-16(19(24)22-20(17)25)11-6-3-7-12(11)18(15)23/h1-2,5,8H,3-4,6-7,9-10H2,(H,22,24,25). The minimum Gasteiger partial charge on any atom is -0.340 e. The summed E-state index contributed by atoms with van der Waals surface area (Å²) < 4.78 is 2.30. The summed E-state index contributed by atoms with van der Waals surface area (Å²) in [5.74, 6) is 0.0951. The van der Waals surface area contributed by atoms with Gasteiger partial charge in [0.15, 0.2) is 0 Å². The molecule has 1 aliphatic carbocycles. The highest BCUT2D eigenvalue weighted by Crippen LogP contribution is 2.42. The summed E-state index contributed by atoms with van der Waals surface area (Å²) in [5, 5.41) is 4.49. The van der Waals surface area contributed by atoms with Crippen LogP contribution in [-0.2, 0) is 19.4 Å². The summed E-state index contributed by atoms with van der Waals surface area (Å²) in [4.78, 5) is 25.0. The lowest BCUT2D eigenvalue weighted by Crippen LogP contribution is -2.20. The number of para-hydroxylation sites is 1. The first-order valence-corrected chi connectivity index (χ1v) is 9.26. The number of imide groups is 1. The van der Waals surface area contributed by atoms with Crippen molar-refractivity contribution < 1.29 is 9.59 Å². The summed E-state index contributed by atoms with van der Waals surface area (Å²) >= 11 is 5.95. The fourth-order valence-electron chi connectivity index (χ4n) is 4.58. The normalized spacial score (nSPS) is 15.9. The smallest absolute Gasteiger partial charge is 0.259 e. The van der Waals surface area contributed by atoms with Crippen LogP contribution in [0, 0.1) is 0 Å². The number of rotatable bonds is 3. The van der Waals surface area contributed by atoms with Crippen LogP contribution in [0.2, 0.25) is 0 Å². The van der Waals surface area contributed by atoms with Crippen LogP contribution in [0.1, 0.15) is 44.7 Å². The van der Waals surface area contributed by atoms with Gasteiger partial charge in [-0.15, -0.1) is 11.6 Å². The number of hydrogen-bond donors (Lipinski definition) is 1. The molecule has 2 aromatic carbocycles. The third-order valence-corrected chi connectivity index (χ3v) is 5.74. The summed E-state index contributed by atoms with van der Waals surface area (Å²) in [6.07, 6.45) is 3.72. The van der Waals surface area contributed by atoms with Crippen molar-refractivity contribution >= 4 is 45.2 Å². The lowest BCUT2D eigenvalue weighted by Gasteiger charge is -2.12. The molecule has 5 rings (SSSR count). The van der Waals surface area contributed by atoms with E-state index in [2.05, 4.69) is 16.0 Å². The Bertz CT molecular complexity index is 1080. The molecule has 0 bridgehead atoms. The Labute approximate surface area is 149 Å². The predicted molar refractivity (Wildman–Crippen MR) is 98.6 cm³/mol. The van der Waals surface area contributed by atoms with Gasteiger partial charge in [-0.3, -0.25) is 14.9 Å². The minimum absolute atomic E-state index is 0.238. The number of nitrogens with one attached hydrogen (secondary N) is 1. The average molecular weight is 353 g/mol. The largest absolute Gasteiger partial charge is 0.340 e. The number of fused-ring (bicyclic) bond motifs is 8. The second-order valence-corrected chi connectivity index (χ2v) is 7.16. The van der Waals surface area contributed by atoms with Crippen LogP contribution >= 0.6 is 11.6 Å². The molecule has 25 heavy (non-hydrogen) atoms. The first-order valence-electron chi connectivity index (χ1n) is 8.72. The zero-order chi connectivity index (χ0) is 17.1. The first-order chi connectivity index (χ1) is 12.2. The fraction of sp³-hybridized carbons (Fsp3) is 0.300. The maximum absolute atomic E-state index is 12.6. The number of alkyl halides is 1. The van der Waals surface area contributed by atoms with E-state index in [-0.39, 0.29) is 11.8 Å². The number of carbonyl (C=O) groups excluding carboxylic acids is 2. The predicted octanol–water partition coefficient (Wildman–Crippen LogP) is 3.80. The third kappa shape index (κ3) is 1.89. The van der Waals surface area contributed by atoms with E-state index in [1.54, 1.807) is 0 Å². The molecule has 0 saturated carbocycles. The van der Waals surface area contributed by atoms with Crippen LogP contribution in [0.4, 0.5) is 0 Å². The van der Waals surface area contributed by atoms with Crippen LogP contribution in [-0.4, -0.2) is 22.3 Å². The number of benzene rings is 2. The van der Waals surface area contributed by atoms with E-state index in [9.17, 15) is 9.59 Å². The van der Waals surface area contributed by atoms with Gasteiger partial charge in [0.1, 0.15) is 0 Å². The lowest BCUT2D eigenvalue weighted by molar-refractivity contribution is 0.0880. The van der Waals surface area contributed by atoms with Gasteiger partial charge < -0.3 is 4.57 Å². The van der Waals surface area contributed by atoms with Crippen molar-refractivity contribution in [1.82, 2.24) is 9.88 Å². The van der Waals surface area contributed by atoms with Crippen molar-refractivity contribution in [3.8, 4) is 0 Å². The first kappa shape index (κ1) is 15.0. The fourth-order valence-corrected chi connectivity index (χ4v) is 4.70. The molecule has 5 heteroatoms. The second-order valence-electron chi connectivity index (χ2n) is 6.78. The summed E-state index contributed by atoms with van der Waals surface area (Å²) in [7, 11) is 0. The number of hydrogen-bond acceptors (Lipinski definition) is 2. The van der Waals surface area contributed by atoms with Gasteiger partial charge in [-0.2, -0.15) is 0 Å². The minimum atomic E-state index is -0.264. The van der Waals surface area contributed by atoms with Crippen molar-refractivity contribution in [3.05, 3.63) is 46.5 Å². The number of aromatic nitrogens is 1. The number of aryl methyl sites for hydroxylation is 2. The summed E-state index contributed by atoms with van der Waals surface area (Å²) in [5.41, 5.74) is 5.73.